The number of aromatic nitrogens is 1. The molecule has 0 bridgehead atoms. The highest BCUT2D eigenvalue weighted by atomic mass is 32.2. The minimum Gasteiger partial charge on any atom is -0.360 e. The lowest BCUT2D eigenvalue weighted by atomic mass is 10.2. The topological polar surface area (TPSA) is 122 Å². The molecule has 0 radical (unpaired) electrons. The van der Waals surface area contributed by atoms with Gasteiger partial charge in [0.25, 0.3) is 5.91 Å². The Morgan fingerprint density at radius 1 is 1.19 bits per heavy atom. The Bertz CT molecular complexity index is 903. The minimum atomic E-state index is -3.57. The molecule has 2 aromatic rings. The van der Waals surface area contributed by atoms with Crippen LogP contribution in [0.4, 0.5) is 5.82 Å². The molecule has 0 spiro atoms. The van der Waals surface area contributed by atoms with E-state index in [-0.39, 0.29) is 16.3 Å². The van der Waals surface area contributed by atoms with Crippen LogP contribution in [0.25, 0.3) is 0 Å². The van der Waals surface area contributed by atoms with Crippen LogP contribution in [-0.2, 0) is 14.8 Å². The monoisotopic (exact) mass is 380 g/mol. The first-order chi connectivity index (χ1) is 12.1. The number of benzene rings is 1. The van der Waals surface area contributed by atoms with Crippen molar-refractivity contribution in [3.8, 4) is 0 Å². The Balaban J connectivity index is 2.01. The SMILES string of the molecule is Cc1cc(NC(=O)[C@@H](C)NC(=O)c2ccc(S(=O)(=O)N(C)C)cc2)no1. The van der Waals surface area contributed by atoms with Crippen LogP contribution in [-0.4, -0.2) is 49.8 Å². The first-order valence-corrected chi connectivity index (χ1v) is 9.13. The smallest absolute Gasteiger partial charge is 0.251 e. The molecule has 26 heavy (non-hydrogen) atoms. The third-order valence-electron chi connectivity index (χ3n) is 3.52. The van der Waals surface area contributed by atoms with Crippen molar-refractivity contribution >= 4 is 27.7 Å². The van der Waals surface area contributed by atoms with Crippen molar-refractivity contribution < 1.29 is 22.5 Å². The quantitative estimate of drug-likeness (QED) is 0.771. The molecule has 0 saturated carbocycles. The number of sulfonamides is 1. The van der Waals surface area contributed by atoms with Gasteiger partial charge in [-0.05, 0) is 38.1 Å². The van der Waals surface area contributed by atoms with Crippen molar-refractivity contribution in [1.82, 2.24) is 14.8 Å². The second-order valence-corrected chi connectivity index (χ2v) is 7.97. The summed E-state index contributed by atoms with van der Waals surface area (Å²) in [7, 11) is -0.720. The predicted molar refractivity (Wildman–Crippen MR) is 94.1 cm³/mol. The number of carbonyl (C=O) groups is 2. The van der Waals surface area contributed by atoms with Crippen molar-refractivity contribution in [2.45, 2.75) is 24.8 Å². The molecule has 10 heteroatoms. The van der Waals surface area contributed by atoms with Gasteiger partial charge in [-0.15, -0.1) is 0 Å². The van der Waals surface area contributed by atoms with Crippen LogP contribution in [0.1, 0.15) is 23.0 Å². The normalized spacial score (nSPS) is 12.7. The van der Waals surface area contributed by atoms with Crippen LogP contribution in [0.3, 0.4) is 0 Å². The van der Waals surface area contributed by atoms with Crippen molar-refractivity contribution in [2.75, 3.05) is 19.4 Å². The molecule has 0 aliphatic carbocycles. The maximum atomic E-state index is 12.2. The van der Waals surface area contributed by atoms with Gasteiger partial charge < -0.3 is 15.2 Å². The Labute approximate surface area is 151 Å². The molecule has 2 rings (SSSR count). The number of nitrogens with one attached hydrogen (secondary N) is 2. The van der Waals surface area contributed by atoms with E-state index in [1.165, 1.54) is 45.3 Å². The molecule has 1 aromatic heterocycles. The molecular weight excluding hydrogens is 360 g/mol. The maximum absolute atomic E-state index is 12.2. The molecule has 9 nitrogen and oxygen atoms in total. The van der Waals surface area contributed by atoms with Gasteiger partial charge in [-0.3, -0.25) is 9.59 Å². The fourth-order valence-electron chi connectivity index (χ4n) is 1.99. The second kappa shape index (κ2) is 7.67. The molecule has 0 aliphatic heterocycles. The maximum Gasteiger partial charge on any atom is 0.251 e. The first-order valence-electron chi connectivity index (χ1n) is 7.69. The van der Waals surface area contributed by atoms with Crippen LogP contribution in [0, 0.1) is 6.92 Å². The summed E-state index contributed by atoms with van der Waals surface area (Å²) in [6, 6.07) is 6.18. The molecule has 1 aromatic carbocycles. The summed E-state index contributed by atoms with van der Waals surface area (Å²) >= 11 is 0. The van der Waals surface area contributed by atoms with Crippen molar-refractivity contribution in [1.29, 1.82) is 0 Å². The number of aryl methyl sites for hydroxylation is 1. The molecule has 0 saturated heterocycles. The third kappa shape index (κ3) is 4.46. The Hall–Kier alpha value is -2.72. The van der Waals surface area contributed by atoms with Crippen LogP contribution >= 0.6 is 0 Å². The summed E-state index contributed by atoms with van der Waals surface area (Å²) in [5, 5.41) is 8.69. The van der Waals surface area contributed by atoms with E-state index in [0.717, 1.165) is 4.31 Å². The number of hydrogen-bond donors (Lipinski definition) is 2. The van der Waals surface area contributed by atoms with E-state index in [1.54, 1.807) is 13.0 Å². The van der Waals surface area contributed by atoms with Crippen molar-refractivity contribution in [3.63, 3.8) is 0 Å². The molecule has 1 heterocycles. The van der Waals surface area contributed by atoms with E-state index in [1.807, 2.05) is 0 Å². The highest BCUT2D eigenvalue weighted by Gasteiger charge is 2.20. The van der Waals surface area contributed by atoms with Gasteiger partial charge in [0.15, 0.2) is 5.82 Å². The molecule has 2 N–H and O–H groups in total. The zero-order valence-electron chi connectivity index (χ0n) is 14.8. The summed E-state index contributed by atoms with van der Waals surface area (Å²) in [5.41, 5.74) is 0.236. The van der Waals surface area contributed by atoms with Crippen molar-refractivity contribution in [3.05, 3.63) is 41.7 Å². The van der Waals surface area contributed by atoms with E-state index >= 15 is 0 Å². The summed E-state index contributed by atoms with van der Waals surface area (Å²) < 4.78 is 30.0. The second-order valence-electron chi connectivity index (χ2n) is 5.82. The molecule has 2 amide bonds. The lowest BCUT2D eigenvalue weighted by molar-refractivity contribution is -0.117. The molecule has 1 atom stereocenters. The van der Waals surface area contributed by atoms with Gasteiger partial charge >= 0.3 is 0 Å². The lowest BCUT2D eigenvalue weighted by Gasteiger charge is -2.14. The van der Waals surface area contributed by atoms with Gasteiger partial charge in [0, 0.05) is 25.7 Å². The minimum absolute atomic E-state index is 0.0752. The molecule has 0 unspecified atom stereocenters. The highest BCUT2D eigenvalue weighted by Crippen LogP contribution is 2.14. The van der Waals surface area contributed by atoms with Gasteiger partial charge in [-0.25, -0.2) is 12.7 Å². The fraction of sp³-hybridized carbons (Fsp3) is 0.312. The summed E-state index contributed by atoms with van der Waals surface area (Å²) in [6.45, 7) is 3.21. The number of carbonyl (C=O) groups excluding carboxylic acids is 2. The summed E-state index contributed by atoms with van der Waals surface area (Å²) in [6.07, 6.45) is 0. The van der Waals surface area contributed by atoms with E-state index in [4.69, 9.17) is 4.52 Å². The third-order valence-corrected chi connectivity index (χ3v) is 5.34. The average Bonchev–Trinajstić information content (AvgIpc) is 2.99. The number of anilines is 1. The largest absolute Gasteiger partial charge is 0.360 e. The fourth-order valence-corrected chi connectivity index (χ4v) is 2.90. The van der Waals surface area contributed by atoms with E-state index in [0.29, 0.717) is 5.76 Å². The highest BCUT2D eigenvalue weighted by molar-refractivity contribution is 7.89. The number of nitrogens with zero attached hydrogens (tertiary/aromatic N) is 2. The number of rotatable bonds is 6. The van der Waals surface area contributed by atoms with E-state index < -0.39 is 27.9 Å². The molecular formula is C16H20N4O5S. The summed E-state index contributed by atoms with van der Waals surface area (Å²) in [5.74, 6) is -0.159. The molecule has 0 fully saturated rings. The Morgan fingerprint density at radius 3 is 2.31 bits per heavy atom. The lowest BCUT2D eigenvalue weighted by Crippen LogP contribution is -2.41. The van der Waals surface area contributed by atoms with Gasteiger partial charge in [0.2, 0.25) is 15.9 Å². The zero-order valence-corrected chi connectivity index (χ0v) is 15.6. The van der Waals surface area contributed by atoms with Crippen LogP contribution in [0.15, 0.2) is 39.8 Å². The average molecular weight is 380 g/mol. The zero-order chi connectivity index (χ0) is 19.5. The van der Waals surface area contributed by atoms with Gasteiger partial charge in [-0.2, -0.15) is 0 Å². The Kier molecular flexibility index (Phi) is 5.78. The first kappa shape index (κ1) is 19.6. The number of hydrogen-bond acceptors (Lipinski definition) is 6. The van der Waals surface area contributed by atoms with Gasteiger partial charge in [0.05, 0.1) is 4.90 Å². The van der Waals surface area contributed by atoms with Crippen LogP contribution in [0.2, 0.25) is 0 Å². The van der Waals surface area contributed by atoms with Gasteiger partial charge in [0.1, 0.15) is 11.8 Å². The molecule has 140 valence electrons. The van der Waals surface area contributed by atoms with Crippen LogP contribution < -0.4 is 10.6 Å². The van der Waals surface area contributed by atoms with Crippen molar-refractivity contribution in [2.24, 2.45) is 0 Å². The molecule has 0 aliphatic rings. The van der Waals surface area contributed by atoms with E-state index in [2.05, 4.69) is 15.8 Å². The predicted octanol–water partition coefficient (Wildman–Crippen LogP) is 0.990. The Morgan fingerprint density at radius 2 is 1.81 bits per heavy atom. The summed E-state index contributed by atoms with van der Waals surface area (Å²) in [4.78, 5) is 24.4. The van der Waals surface area contributed by atoms with Crippen LogP contribution in [0.5, 0.6) is 0 Å². The number of amides is 2. The van der Waals surface area contributed by atoms with Gasteiger partial charge in [-0.1, -0.05) is 5.16 Å². The standard InChI is InChI=1S/C16H20N4O5S/c1-10-9-14(19-25-10)18-15(21)11(2)17-16(22)12-5-7-13(8-6-12)26(23,24)20(3)4/h5-9,11H,1-4H3,(H,17,22)(H,18,19,21)/t11-/m1/s1. The van der Waals surface area contributed by atoms with E-state index in [9.17, 15) is 18.0 Å².